The van der Waals surface area contributed by atoms with E-state index in [0.29, 0.717) is 6.04 Å². The predicted molar refractivity (Wildman–Crippen MR) is 67.7 cm³/mol. The third-order valence-corrected chi connectivity index (χ3v) is 4.31. The maximum atomic E-state index is 6.27. The molecule has 0 bridgehead atoms. The molecule has 3 N–H and O–H groups in total. The number of aromatic amines is 1. The maximum Gasteiger partial charge on any atom is 0.0844 e. The SMILES string of the molecule is CCN1CCCC1c1n[nH]c2c1C(N)CCC2. The van der Waals surface area contributed by atoms with Gasteiger partial charge in [0.05, 0.1) is 11.7 Å². The maximum absolute atomic E-state index is 6.27. The van der Waals surface area contributed by atoms with Crippen LogP contribution in [0.1, 0.15) is 61.6 Å². The van der Waals surface area contributed by atoms with Gasteiger partial charge in [-0.05, 0) is 45.2 Å². The summed E-state index contributed by atoms with van der Waals surface area (Å²) in [5, 5.41) is 7.80. The normalized spacial score (nSPS) is 29.5. The molecule has 0 amide bonds. The Kier molecular flexibility index (Phi) is 2.92. The molecule has 1 saturated heterocycles. The summed E-state index contributed by atoms with van der Waals surface area (Å²) in [6.07, 6.45) is 5.94. The Balaban J connectivity index is 1.95. The second-order valence-electron chi connectivity index (χ2n) is 5.29. The first-order chi connectivity index (χ1) is 8.31. The topological polar surface area (TPSA) is 57.9 Å². The average molecular weight is 234 g/mol. The van der Waals surface area contributed by atoms with Crippen LogP contribution in [0.3, 0.4) is 0 Å². The van der Waals surface area contributed by atoms with Crippen LogP contribution in [-0.4, -0.2) is 28.2 Å². The molecular formula is C13H22N4. The van der Waals surface area contributed by atoms with Crippen molar-refractivity contribution in [2.45, 2.75) is 51.1 Å². The standard InChI is InChI=1S/C13H22N4/c1-2-17-8-4-7-11(17)13-12-9(14)5-3-6-10(12)15-16-13/h9,11H,2-8,14H2,1H3,(H,15,16). The van der Waals surface area contributed by atoms with Gasteiger partial charge < -0.3 is 5.73 Å². The Bertz CT molecular complexity index is 398. The van der Waals surface area contributed by atoms with Crippen LogP contribution in [0.15, 0.2) is 0 Å². The quantitative estimate of drug-likeness (QED) is 0.821. The Morgan fingerprint density at radius 1 is 1.41 bits per heavy atom. The molecule has 0 radical (unpaired) electrons. The molecule has 2 atom stereocenters. The van der Waals surface area contributed by atoms with Gasteiger partial charge in [-0.15, -0.1) is 0 Å². The smallest absolute Gasteiger partial charge is 0.0844 e. The van der Waals surface area contributed by atoms with Crippen LogP contribution in [0.5, 0.6) is 0 Å². The molecule has 2 aliphatic rings. The summed E-state index contributed by atoms with van der Waals surface area (Å²) in [4.78, 5) is 2.53. The summed E-state index contributed by atoms with van der Waals surface area (Å²) < 4.78 is 0. The van der Waals surface area contributed by atoms with E-state index in [0.717, 1.165) is 19.4 Å². The molecule has 1 aliphatic carbocycles. The van der Waals surface area contributed by atoms with Gasteiger partial charge >= 0.3 is 0 Å². The minimum absolute atomic E-state index is 0.201. The van der Waals surface area contributed by atoms with E-state index in [1.807, 2.05) is 0 Å². The van der Waals surface area contributed by atoms with Gasteiger partial charge in [0, 0.05) is 17.3 Å². The van der Waals surface area contributed by atoms with Crippen molar-refractivity contribution in [2.24, 2.45) is 5.73 Å². The van der Waals surface area contributed by atoms with E-state index in [2.05, 4.69) is 22.0 Å². The number of rotatable bonds is 2. The highest BCUT2D eigenvalue weighted by molar-refractivity contribution is 5.33. The van der Waals surface area contributed by atoms with Crippen molar-refractivity contribution in [3.05, 3.63) is 17.0 Å². The fraction of sp³-hybridized carbons (Fsp3) is 0.769. The molecule has 4 nitrogen and oxygen atoms in total. The first-order valence-electron chi connectivity index (χ1n) is 6.88. The molecule has 0 aromatic carbocycles. The van der Waals surface area contributed by atoms with Crippen molar-refractivity contribution in [3.8, 4) is 0 Å². The average Bonchev–Trinajstić information content (AvgIpc) is 2.94. The molecule has 4 heteroatoms. The summed E-state index contributed by atoms with van der Waals surface area (Å²) in [6.45, 7) is 4.55. The molecular weight excluding hydrogens is 212 g/mol. The largest absolute Gasteiger partial charge is 0.324 e. The van der Waals surface area contributed by atoms with Gasteiger partial charge in [-0.2, -0.15) is 5.10 Å². The van der Waals surface area contributed by atoms with E-state index in [-0.39, 0.29) is 6.04 Å². The first-order valence-corrected chi connectivity index (χ1v) is 6.88. The zero-order valence-electron chi connectivity index (χ0n) is 10.6. The number of aromatic nitrogens is 2. The van der Waals surface area contributed by atoms with E-state index in [1.165, 1.54) is 42.8 Å². The van der Waals surface area contributed by atoms with Gasteiger partial charge in [0.1, 0.15) is 0 Å². The number of hydrogen-bond donors (Lipinski definition) is 2. The third kappa shape index (κ3) is 1.79. The summed E-state index contributed by atoms with van der Waals surface area (Å²) in [6, 6.07) is 0.705. The summed E-state index contributed by atoms with van der Waals surface area (Å²) >= 11 is 0. The number of aryl methyl sites for hydroxylation is 1. The van der Waals surface area contributed by atoms with E-state index in [9.17, 15) is 0 Å². The lowest BCUT2D eigenvalue weighted by Crippen LogP contribution is -2.26. The molecule has 2 unspecified atom stereocenters. The van der Waals surface area contributed by atoms with Crippen molar-refractivity contribution >= 4 is 0 Å². The lowest BCUT2D eigenvalue weighted by molar-refractivity contribution is 0.265. The van der Waals surface area contributed by atoms with Crippen LogP contribution in [0, 0.1) is 0 Å². The second-order valence-corrected chi connectivity index (χ2v) is 5.29. The highest BCUT2D eigenvalue weighted by Crippen LogP contribution is 2.38. The number of hydrogen-bond acceptors (Lipinski definition) is 3. The van der Waals surface area contributed by atoms with Gasteiger partial charge in [-0.25, -0.2) is 0 Å². The van der Waals surface area contributed by atoms with Gasteiger partial charge in [0.2, 0.25) is 0 Å². The first kappa shape index (κ1) is 11.2. The van der Waals surface area contributed by atoms with Crippen LogP contribution >= 0.6 is 0 Å². The van der Waals surface area contributed by atoms with Crippen molar-refractivity contribution in [2.75, 3.05) is 13.1 Å². The number of nitrogens with one attached hydrogen (secondary N) is 1. The Hall–Kier alpha value is -0.870. The summed E-state index contributed by atoms with van der Waals surface area (Å²) in [5.41, 5.74) is 10.1. The summed E-state index contributed by atoms with van der Waals surface area (Å²) in [5.74, 6) is 0. The second kappa shape index (κ2) is 4.42. The van der Waals surface area contributed by atoms with Crippen molar-refractivity contribution in [3.63, 3.8) is 0 Å². The van der Waals surface area contributed by atoms with Crippen molar-refractivity contribution < 1.29 is 0 Å². The van der Waals surface area contributed by atoms with Gasteiger partial charge in [-0.1, -0.05) is 6.92 Å². The van der Waals surface area contributed by atoms with E-state index in [4.69, 9.17) is 5.73 Å². The van der Waals surface area contributed by atoms with Gasteiger partial charge in [0.15, 0.2) is 0 Å². The highest BCUT2D eigenvalue weighted by atomic mass is 15.2. The number of likely N-dealkylation sites (tertiary alicyclic amines) is 1. The van der Waals surface area contributed by atoms with Gasteiger partial charge in [0.25, 0.3) is 0 Å². The third-order valence-electron chi connectivity index (χ3n) is 4.31. The molecule has 2 heterocycles. The molecule has 3 rings (SSSR count). The van der Waals surface area contributed by atoms with Crippen LogP contribution in [0.25, 0.3) is 0 Å². The fourth-order valence-electron chi connectivity index (χ4n) is 3.42. The molecule has 1 fully saturated rings. The molecule has 1 aromatic heterocycles. The zero-order chi connectivity index (χ0) is 11.8. The predicted octanol–water partition coefficient (Wildman–Crippen LogP) is 1.90. The lowest BCUT2D eigenvalue weighted by atomic mass is 9.89. The Morgan fingerprint density at radius 3 is 3.12 bits per heavy atom. The molecule has 0 spiro atoms. The Labute approximate surface area is 103 Å². The molecule has 94 valence electrons. The monoisotopic (exact) mass is 234 g/mol. The Morgan fingerprint density at radius 2 is 2.29 bits per heavy atom. The van der Waals surface area contributed by atoms with Gasteiger partial charge in [-0.3, -0.25) is 10.00 Å². The molecule has 1 aliphatic heterocycles. The summed E-state index contributed by atoms with van der Waals surface area (Å²) in [7, 11) is 0. The van der Waals surface area contributed by atoms with Crippen LogP contribution in [0.4, 0.5) is 0 Å². The molecule has 0 saturated carbocycles. The van der Waals surface area contributed by atoms with Crippen LogP contribution in [0.2, 0.25) is 0 Å². The van der Waals surface area contributed by atoms with E-state index < -0.39 is 0 Å². The van der Waals surface area contributed by atoms with E-state index in [1.54, 1.807) is 0 Å². The molecule has 17 heavy (non-hydrogen) atoms. The van der Waals surface area contributed by atoms with Crippen molar-refractivity contribution in [1.29, 1.82) is 0 Å². The fourth-order valence-corrected chi connectivity index (χ4v) is 3.42. The minimum atomic E-state index is 0.201. The number of H-pyrrole nitrogens is 1. The van der Waals surface area contributed by atoms with Crippen LogP contribution < -0.4 is 5.73 Å². The van der Waals surface area contributed by atoms with Crippen molar-refractivity contribution in [1.82, 2.24) is 15.1 Å². The zero-order valence-corrected chi connectivity index (χ0v) is 10.6. The highest BCUT2D eigenvalue weighted by Gasteiger charge is 2.32. The van der Waals surface area contributed by atoms with E-state index >= 15 is 0 Å². The minimum Gasteiger partial charge on any atom is -0.324 e. The molecule has 1 aromatic rings. The lowest BCUT2D eigenvalue weighted by Gasteiger charge is -2.25. The van der Waals surface area contributed by atoms with Crippen LogP contribution in [-0.2, 0) is 6.42 Å². The number of fused-ring (bicyclic) bond motifs is 1. The number of nitrogens with zero attached hydrogens (tertiary/aromatic N) is 2. The number of nitrogens with two attached hydrogens (primary N) is 1.